The third-order valence-electron chi connectivity index (χ3n) is 3.65. The van der Waals surface area contributed by atoms with Gasteiger partial charge in [-0.3, -0.25) is 0 Å². The molecule has 0 saturated heterocycles. The summed E-state index contributed by atoms with van der Waals surface area (Å²) in [5.74, 6) is 0. The van der Waals surface area contributed by atoms with Crippen molar-refractivity contribution in [3.8, 4) is 11.1 Å². The summed E-state index contributed by atoms with van der Waals surface area (Å²) in [6.45, 7) is 2.58. The third kappa shape index (κ3) is 3.31. The fraction of sp³-hybridized carbons (Fsp3) is 0.312. The van der Waals surface area contributed by atoms with Gasteiger partial charge in [0.15, 0.2) is 0 Å². The molecule has 0 radical (unpaired) electrons. The molecule has 25 heavy (non-hydrogen) atoms. The number of aromatic nitrogens is 1. The Morgan fingerprint density at radius 3 is 1.88 bits per heavy atom. The summed E-state index contributed by atoms with van der Waals surface area (Å²) >= 11 is 5.59. The van der Waals surface area contributed by atoms with Crippen LogP contribution in [0.25, 0.3) is 11.1 Å². The molecule has 0 atom stereocenters. The summed E-state index contributed by atoms with van der Waals surface area (Å²) in [6.07, 6.45) is -11.4. The number of alkyl halides is 7. The van der Waals surface area contributed by atoms with Crippen LogP contribution in [0.4, 0.5) is 30.7 Å². The number of benzene rings is 1. The smallest absolute Gasteiger partial charge is 0.244 e. The molecule has 0 fully saturated rings. The molecule has 1 aromatic heterocycles. The van der Waals surface area contributed by atoms with Crippen LogP contribution < -0.4 is 0 Å². The Bertz CT molecular complexity index is 765. The molecule has 0 aliphatic carbocycles. The Hall–Kier alpha value is -1.83. The van der Waals surface area contributed by atoms with E-state index in [0.29, 0.717) is 6.07 Å². The van der Waals surface area contributed by atoms with Gasteiger partial charge in [0.05, 0.1) is 0 Å². The summed E-state index contributed by atoms with van der Waals surface area (Å²) in [4.78, 5) is 3.65. The van der Waals surface area contributed by atoms with Crippen LogP contribution in [0, 0.1) is 13.8 Å². The van der Waals surface area contributed by atoms with Crippen molar-refractivity contribution in [1.29, 1.82) is 0 Å². The van der Waals surface area contributed by atoms with Crippen LogP contribution in [0.3, 0.4) is 0 Å². The molecule has 0 bridgehead atoms. The molecule has 9 heteroatoms. The molecule has 2 rings (SSSR count). The van der Waals surface area contributed by atoms with E-state index in [-0.39, 0.29) is 21.8 Å². The van der Waals surface area contributed by atoms with Crippen LogP contribution in [0.5, 0.6) is 0 Å². The van der Waals surface area contributed by atoms with Crippen LogP contribution in [0.2, 0.25) is 5.15 Å². The Balaban J connectivity index is 2.91. The second-order valence-electron chi connectivity index (χ2n) is 5.53. The first-order chi connectivity index (χ1) is 11.3. The first-order valence-electron chi connectivity index (χ1n) is 6.85. The van der Waals surface area contributed by atoms with Gasteiger partial charge in [-0.25, -0.2) is 9.37 Å². The second-order valence-corrected chi connectivity index (χ2v) is 5.92. The van der Waals surface area contributed by atoms with Crippen molar-refractivity contribution < 1.29 is 30.7 Å². The highest BCUT2D eigenvalue weighted by Crippen LogP contribution is 2.55. The summed E-state index contributed by atoms with van der Waals surface area (Å²) in [6, 6.07) is 4.29. The molecule has 0 amide bonds. The maximum Gasteiger partial charge on any atom is 0.435 e. The van der Waals surface area contributed by atoms with Crippen LogP contribution in [0.15, 0.2) is 30.5 Å². The van der Waals surface area contributed by atoms with Gasteiger partial charge in [-0.15, -0.1) is 0 Å². The van der Waals surface area contributed by atoms with E-state index in [0.717, 1.165) is 6.20 Å². The zero-order valence-corrected chi connectivity index (χ0v) is 13.6. The van der Waals surface area contributed by atoms with Crippen molar-refractivity contribution in [2.45, 2.75) is 31.9 Å². The zero-order valence-electron chi connectivity index (χ0n) is 12.9. The quantitative estimate of drug-likeness (QED) is 0.436. The van der Waals surface area contributed by atoms with E-state index < -0.39 is 29.1 Å². The lowest BCUT2D eigenvalue weighted by atomic mass is 9.84. The van der Waals surface area contributed by atoms with Gasteiger partial charge in [-0.2, -0.15) is 26.3 Å². The van der Waals surface area contributed by atoms with Gasteiger partial charge in [0.25, 0.3) is 0 Å². The fourth-order valence-electron chi connectivity index (χ4n) is 2.61. The molecule has 1 heterocycles. The second kappa shape index (κ2) is 6.16. The lowest BCUT2D eigenvalue weighted by molar-refractivity contribution is -0.348. The molecule has 0 spiro atoms. The van der Waals surface area contributed by atoms with Crippen LogP contribution in [-0.4, -0.2) is 17.3 Å². The zero-order chi connectivity index (χ0) is 19.2. The average Bonchev–Trinajstić information content (AvgIpc) is 2.44. The average molecular weight is 386 g/mol. The van der Waals surface area contributed by atoms with E-state index in [4.69, 9.17) is 11.6 Å². The molecule has 1 nitrogen and oxygen atoms in total. The fourth-order valence-corrected chi connectivity index (χ4v) is 2.72. The van der Waals surface area contributed by atoms with Crippen LogP contribution >= 0.6 is 11.6 Å². The number of aryl methyl sites for hydroxylation is 2. The molecule has 1 aromatic carbocycles. The number of hydrogen-bond donors (Lipinski definition) is 0. The highest BCUT2D eigenvalue weighted by Gasteiger charge is 2.74. The minimum atomic E-state index is -6.19. The first-order valence-corrected chi connectivity index (χ1v) is 7.23. The van der Waals surface area contributed by atoms with E-state index in [1.165, 1.54) is 32.0 Å². The van der Waals surface area contributed by atoms with Crippen LogP contribution in [0.1, 0.15) is 16.7 Å². The van der Waals surface area contributed by atoms with Crippen molar-refractivity contribution in [3.63, 3.8) is 0 Å². The van der Waals surface area contributed by atoms with Gasteiger partial charge < -0.3 is 0 Å². The van der Waals surface area contributed by atoms with Crippen molar-refractivity contribution >= 4 is 11.6 Å². The van der Waals surface area contributed by atoms with Gasteiger partial charge >= 0.3 is 18.0 Å². The van der Waals surface area contributed by atoms with E-state index in [1.807, 2.05) is 0 Å². The molecule has 0 aliphatic heterocycles. The van der Waals surface area contributed by atoms with Crippen LogP contribution in [-0.2, 0) is 5.67 Å². The molecule has 0 unspecified atom stereocenters. The van der Waals surface area contributed by atoms with Crippen molar-refractivity contribution in [2.75, 3.05) is 0 Å². The van der Waals surface area contributed by atoms with Gasteiger partial charge in [0.1, 0.15) is 5.15 Å². The Morgan fingerprint density at radius 2 is 1.44 bits per heavy atom. The minimum absolute atomic E-state index is 0.00628. The summed E-state index contributed by atoms with van der Waals surface area (Å²) < 4.78 is 93.7. The number of halogens is 8. The van der Waals surface area contributed by atoms with Gasteiger partial charge in [-0.1, -0.05) is 29.3 Å². The standard InChI is InChI=1S/C16H11ClF7N/c1-8-5-9(2)13(10-3-4-12(17)25-7-10)11(6-8)14(18,15(19,20)21)16(22,23)24/h3-7H,1-2H3. The number of rotatable bonds is 2. The molecule has 0 aliphatic rings. The maximum atomic E-state index is 14.6. The lowest BCUT2D eigenvalue weighted by Gasteiger charge is -2.32. The number of hydrogen-bond acceptors (Lipinski definition) is 1. The molecular formula is C16H11ClF7N. The number of nitrogens with zero attached hydrogens (tertiary/aromatic N) is 1. The number of pyridine rings is 1. The first kappa shape index (κ1) is 19.5. The topological polar surface area (TPSA) is 12.9 Å². The lowest BCUT2D eigenvalue weighted by Crippen LogP contribution is -2.50. The highest BCUT2D eigenvalue weighted by molar-refractivity contribution is 6.29. The van der Waals surface area contributed by atoms with Gasteiger partial charge in [0, 0.05) is 17.3 Å². The minimum Gasteiger partial charge on any atom is -0.244 e. The molecule has 0 saturated carbocycles. The summed E-state index contributed by atoms with van der Waals surface area (Å²) in [7, 11) is 0. The SMILES string of the molecule is Cc1cc(C)c(-c2ccc(Cl)nc2)c(C(F)(C(F)(F)F)C(F)(F)F)c1. The van der Waals surface area contributed by atoms with Crippen molar-refractivity contribution in [3.05, 3.63) is 52.3 Å². The monoisotopic (exact) mass is 385 g/mol. The van der Waals surface area contributed by atoms with E-state index in [9.17, 15) is 30.7 Å². The van der Waals surface area contributed by atoms with E-state index in [2.05, 4.69) is 4.98 Å². The summed E-state index contributed by atoms with van der Waals surface area (Å²) in [5, 5.41) is -0.00628. The Morgan fingerprint density at radius 1 is 0.880 bits per heavy atom. The van der Waals surface area contributed by atoms with E-state index >= 15 is 0 Å². The third-order valence-corrected chi connectivity index (χ3v) is 3.87. The maximum absolute atomic E-state index is 14.6. The predicted octanol–water partition coefficient (Wildman–Crippen LogP) is 6.31. The normalized spacial score (nSPS) is 13.2. The van der Waals surface area contributed by atoms with Gasteiger partial charge in [0.2, 0.25) is 0 Å². The van der Waals surface area contributed by atoms with Gasteiger partial charge in [-0.05, 0) is 37.1 Å². The van der Waals surface area contributed by atoms with Crippen molar-refractivity contribution in [2.24, 2.45) is 0 Å². The molecular weight excluding hydrogens is 375 g/mol. The molecule has 136 valence electrons. The predicted molar refractivity (Wildman–Crippen MR) is 79.1 cm³/mol. The largest absolute Gasteiger partial charge is 0.435 e. The highest BCUT2D eigenvalue weighted by atomic mass is 35.5. The molecule has 2 aromatic rings. The summed E-state index contributed by atoms with van der Waals surface area (Å²) in [5.41, 5.74) is -7.55. The van der Waals surface area contributed by atoms with Crippen molar-refractivity contribution in [1.82, 2.24) is 4.98 Å². The Labute approximate surface area is 143 Å². The Kier molecular flexibility index (Phi) is 4.80. The molecule has 0 N–H and O–H groups in total. The van der Waals surface area contributed by atoms with E-state index in [1.54, 1.807) is 0 Å².